The van der Waals surface area contributed by atoms with E-state index >= 15 is 0 Å². The van der Waals surface area contributed by atoms with Gasteiger partial charge in [-0.05, 0) is 42.3 Å². The number of methoxy groups -OCH3 is 1. The summed E-state index contributed by atoms with van der Waals surface area (Å²) < 4.78 is 43.6. The first kappa shape index (κ1) is 23.7. The Morgan fingerprint density at radius 2 is 1.94 bits per heavy atom. The molecule has 0 saturated carbocycles. The van der Waals surface area contributed by atoms with Crippen molar-refractivity contribution in [3.63, 3.8) is 0 Å². The van der Waals surface area contributed by atoms with Crippen molar-refractivity contribution in [2.75, 3.05) is 7.11 Å². The lowest BCUT2D eigenvalue weighted by Crippen LogP contribution is -2.24. The van der Waals surface area contributed by atoms with Crippen molar-refractivity contribution in [2.24, 2.45) is 0 Å². The highest BCUT2D eigenvalue weighted by molar-refractivity contribution is 7.89. The monoisotopic (exact) mass is 479 g/mol. The SMILES string of the molecule is CCCc1noc(COC(=O)c2ccc(OC)c(S(=O)(=O)NCc3ccc(Cl)cc3)c2)n1. The Morgan fingerprint density at radius 1 is 1.19 bits per heavy atom. The molecule has 0 atom stereocenters. The number of benzene rings is 2. The van der Waals surface area contributed by atoms with Gasteiger partial charge in [0.1, 0.15) is 10.6 Å². The van der Waals surface area contributed by atoms with Gasteiger partial charge in [-0.2, -0.15) is 4.98 Å². The van der Waals surface area contributed by atoms with Crippen molar-refractivity contribution in [3.8, 4) is 5.75 Å². The summed E-state index contributed by atoms with van der Waals surface area (Å²) in [5.74, 6) is 0.0410. The molecule has 1 aromatic heterocycles. The molecule has 0 spiro atoms. The van der Waals surface area contributed by atoms with E-state index in [9.17, 15) is 13.2 Å². The first-order chi connectivity index (χ1) is 15.3. The number of aromatic nitrogens is 2. The zero-order valence-electron chi connectivity index (χ0n) is 17.5. The van der Waals surface area contributed by atoms with Crippen LogP contribution in [0.3, 0.4) is 0 Å². The fourth-order valence-corrected chi connectivity index (χ4v) is 4.09. The van der Waals surface area contributed by atoms with E-state index in [1.807, 2.05) is 6.92 Å². The summed E-state index contributed by atoms with van der Waals surface area (Å²) in [7, 11) is -2.65. The highest BCUT2D eigenvalue weighted by Crippen LogP contribution is 2.25. The first-order valence-electron chi connectivity index (χ1n) is 9.73. The smallest absolute Gasteiger partial charge is 0.338 e. The maximum atomic E-state index is 12.9. The van der Waals surface area contributed by atoms with Crippen LogP contribution in [0, 0.1) is 0 Å². The topological polar surface area (TPSA) is 121 Å². The summed E-state index contributed by atoms with van der Waals surface area (Å²) in [6, 6.07) is 10.7. The first-order valence-corrected chi connectivity index (χ1v) is 11.6. The number of hydrogen-bond acceptors (Lipinski definition) is 8. The lowest BCUT2D eigenvalue weighted by atomic mass is 10.2. The van der Waals surface area contributed by atoms with E-state index in [4.69, 9.17) is 25.6 Å². The predicted octanol–water partition coefficient (Wildman–Crippen LogP) is 3.52. The number of aryl methyl sites for hydroxylation is 1. The average Bonchev–Trinajstić information content (AvgIpc) is 3.24. The molecule has 0 aliphatic carbocycles. The van der Waals surface area contributed by atoms with Crippen LogP contribution in [-0.2, 0) is 34.3 Å². The van der Waals surface area contributed by atoms with E-state index in [1.54, 1.807) is 24.3 Å². The molecular weight excluding hydrogens is 458 g/mol. The summed E-state index contributed by atoms with van der Waals surface area (Å²) in [5, 5.41) is 4.33. The van der Waals surface area contributed by atoms with Crippen LogP contribution in [0.15, 0.2) is 51.9 Å². The van der Waals surface area contributed by atoms with Crippen LogP contribution in [-0.4, -0.2) is 31.6 Å². The maximum absolute atomic E-state index is 12.9. The Labute approximate surface area is 190 Å². The van der Waals surface area contributed by atoms with E-state index in [0.29, 0.717) is 17.3 Å². The second kappa shape index (κ2) is 10.6. The number of carbonyl (C=O) groups excluding carboxylic acids is 1. The lowest BCUT2D eigenvalue weighted by Gasteiger charge is -2.12. The standard InChI is InChI=1S/C21H22ClN3O6S/c1-3-4-19-24-20(31-25-19)13-30-21(26)15-7-10-17(29-2)18(11-15)32(27,28)23-12-14-5-8-16(22)9-6-14/h5-11,23H,3-4,12-13H2,1-2H3. The van der Waals surface area contributed by atoms with Gasteiger partial charge in [-0.15, -0.1) is 0 Å². The van der Waals surface area contributed by atoms with Gasteiger partial charge in [0.25, 0.3) is 5.89 Å². The second-order valence-corrected chi connectivity index (χ2v) is 8.92. The molecule has 0 amide bonds. The molecule has 0 radical (unpaired) electrons. The van der Waals surface area contributed by atoms with Gasteiger partial charge in [-0.1, -0.05) is 35.8 Å². The summed E-state index contributed by atoms with van der Waals surface area (Å²) >= 11 is 5.85. The van der Waals surface area contributed by atoms with E-state index in [2.05, 4.69) is 14.9 Å². The maximum Gasteiger partial charge on any atom is 0.338 e. The van der Waals surface area contributed by atoms with Gasteiger partial charge in [0.15, 0.2) is 12.4 Å². The quantitative estimate of drug-likeness (QED) is 0.438. The molecule has 170 valence electrons. The van der Waals surface area contributed by atoms with Gasteiger partial charge < -0.3 is 14.0 Å². The number of esters is 1. The van der Waals surface area contributed by atoms with E-state index in [-0.39, 0.29) is 35.3 Å². The molecule has 0 saturated heterocycles. The Bertz CT molecular complexity index is 1180. The molecule has 3 rings (SSSR count). The van der Waals surface area contributed by atoms with Crippen LogP contribution in [0.4, 0.5) is 0 Å². The number of nitrogens with zero attached hydrogens (tertiary/aromatic N) is 2. The Balaban J connectivity index is 1.72. The Kier molecular flexibility index (Phi) is 7.84. The average molecular weight is 480 g/mol. The molecule has 0 aliphatic rings. The number of hydrogen-bond donors (Lipinski definition) is 1. The largest absolute Gasteiger partial charge is 0.495 e. The molecule has 0 bridgehead atoms. The van der Waals surface area contributed by atoms with Gasteiger partial charge >= 0.3 is 5.97 Å². The predicted molar refractivity (Wildman–Crippen MR) is 116 cm³/mol. The van der Waals surface area contributed by atoms with Crippen LogP contribution < -0.4 is 9.46 Å². The van der Waals surface area contributed by atoms with E-state index < -0.39 is 16.0 Å². The van der Waals surface area contributed by atoms with Crippen LogP contribution >= 0.6 is 11.6 Å². The normalized spacial score (nSPS) is 11.3. The molecule has 11 heteroatoms. The third kappa shape index (κ3) is 6.06. The van der Waals surface area contributed by atoms with E-state index in [0.717, 1.165) is 12.0 Å². The van der Waals surface area contributed by atoms with Crippen LogP contribution in [0.2, 0.25) is 5.02 Å². The van der Waals surface area contributed by atoms with Gasteiger partial charge in [0.2, 0.25) is 10.0 Å². The second-order valence-electron chi connectivity index (χ2n) is 6.75. The molecule has 0 aliphatic heterocycles. The van der Waals surface area contributed by atoms with Gasteiger partial charge in [-0.25, -0.2) is 17.9 Å². The number of nitrogens with one attached hydrogen (secondary N) is 1. The number of halogens is 1. The lowest BCUT2D eigenvalue weighted by molar-refractivity contribution is 0.0429. The zero-order valence-corrected chi connectivity index (χ0v) is 19.1. The minimum Gasteiger partial charge on any atom is -0.495 e. The molecule has 32 heavy (non-hydrogen) atoms. The fraction of sp³-hybridized carbons (Fsp3) is 0.286. The van der Waals surface area contributed by atoms with Crippen LogP contribution in [0.1, 0.15) is 41.0 Å². The van der Waals surface area contributed by atoms with Crippen molar-refractivity contribution < 1.29 is 27.2 Å². The van der Waals surface area contributed by atoms with Crippen LogP contribution in [0.5, 0.6) is 5.75 Å². The van der Waals surface area contributed by atoms with Crippen LogP contribution in [0.25, 0.3) is 0 Å². The molecule has 9 nitrogen and oxygen atoms in total. The molecule has 1 N–H and O–H groups in total. The van der Waals surface area contributed by atoms with Gasteiger partial charge in [-0.3, -0.25) is 0 Å². The molecule has 0 unspecified atom stereocenters. The molecule has 2 aromatic carbocycles. The number of sulfonamides is 1. The Hall–Kier alpha value is -2.95. The van der Waals surface area contributed by atoms with Crippen molar-refractivity contribution in [1.29, 1.82) is 0 Å². The minimum absolute atomic E-state index is 0.0333. The fourth-order valence-electron chi connectivity index (χ4n) is 2.76. The van der Waals surface area contributed by atoms with E-state index in [1.165, 1.54) is 25.3 Å². The molecule has 0 fully saturated rings. The summed E-state index contributed by atoms with van der Waals surface area (Å²) in [6.07, 6.45) is 1.51. The third-order valence-corrected chi connectivity index (χ3v) is 6.05. The molecule has 1 heterocycles. The number of carbonyl (C=O) groups is 1. The number of rotatable bonds is 10. The summed E-state index contributed by atoms with van der Waals surface area (Å²) in [4.78, 5) is 16.4. The van der Waals surface area contributed by atoms with Crippen molar-refractivity contribution >= 4 is 27.6 Å². The minimum atomic E-state index is -3.99. The van der Waals surface area contributed by atoms with Crippen molar-refractivity contribution in [3.05, 3.63) is 70.3 Å². The summed E-state index contributed by atoms with van der Waals surface area (Å²) in [5.41, 5.74) is 0.750. The third-order valence-electron chi connectivity index (χ3n) is 4.38. The van der Waals surface area contributed by atoms with Crippen molar-refractivity contribution in [1.82, 2.24) is 14.9 Å². The highest BCUT2D eigenvalue weighted by Gasteiger charge is 2.22. The van der Waals surface area contributed by atoms with Gasteiger partial charge in [0, 0.05) is 18.0 Å². The number of ether oxygens (including phenoxy) is 2. The summed E-state index contributed by atoms with van der Waals surface area (Å²) in [6.45, 7) is 1.79. The highest BCUT2D eigenvalue weighted by atomic mass is 35.5. The zero-order chi connectivity index (χ0) is 23.1. The molecule has 3 aromatic rings. The Morgan fingerprint density at radius 3 is 2.62 bits per heavy atom. The van der Waals surface area contributed by atoms with Crippen molar-refractivity contribution in [2.45, 2.75) is 37.8 Å². The van der Waals surface area contributed by atoms with Gasteiger partial charge in [0.05, 0.1) is 12.7 Å². The molecular formula is C21H22ClN3O6S.